The lowest BCUT2D eigenvalue weighted by molar-refractivity contribution is -0.147. The van der Waals surface area contributed by atoms with Crippen molar-refractivity contribution in [3.8, 4) is 0 Å². The first-order valence-corrected chi connectivity index (χ1v) is 17.4. The van der Waals surface area contributed by atoms with Crippen LogP contribution in [0.15, 0.2) is 79.1 Å². The highest BCUT2D eigenvalue weighted by Crippen LogP contribution is 2.40. The van der Waals surface area contributed by atoms with Crippen LogP contribution in [0.3, 0.4) is 0 Å². The van der Waals surface area contributed by atoms with Gasteiger partial charge in [0.05, 0.1) is 0 Å². The number of nitrogens with zero attached hydrogens (tertiary/aromatic N) is 5. The van der Waals surface area contributed by atoms with E-state index >= 15 is 0 Å². The predicted octanol–water partition coefficient (Wildman–Crippen LogP) is 6.57. The zero-order valence-corrected chi connectivity index (χ0v) is 27.1. The van der Waals surface area contributed by atoms with Crippen LogP contribution >= 0.6 is 0 Å². The normalized spacial score (nSPS) is 24.8. The Labute approximate surface area is 270 Å². The molecule has 6 rings (SSSR count). The van der Waals surface area contributed by atoms with E-state index < -0.39 is 0 Å². The van der Waals surface area contributed by atoms with Crippen molar-refractivity contribution < 1.29 is 9.53 Å². The highest BCUT2D eigenvalue weighted by molar-refractivity contribution is 5.69. The first-order chi connectivity index (χ1) is 22.2. The summed E-state index contributed by atoms with van der Waals surface area (Å²) in [5.74, 6) is 2.30. The van der Waals surface area contributed by atoms with E-state index in [1.54, 1.807) is 0 Å². The largest absolute Gasteiger partial charge is 0.461 e. The second-order valence-corrected chi connectivity index (χ2v) is 13.5. The van der Waals surface area contributed by atoms with E-state index in [2.05, 4.69) is 61.9 Å². The molecule has 0 radical (unpaired) electrons. The van der Waals surface area contributed by atoms with Crippen LogP contribution in [0.1, 0.15) is 75.3 Å². The standard InChI is InChI=1S/C38H51N5O2/c1-2-22-43(38-39-20-11-21-40-38)34-18-23-41(24-19-34)26-33-27-42(28-35(33)31-14-7-4-8-15-31)36-17-10-9-16-32(36)25-37(44)45-29-30-12-5-3-6-13-30/h3-8,11-15,20-21,32-36H,2,9-10,16-19,22-29H2,1H3/t32?,33-,35+,36+/m0/s1. The minimum atomic E-state index is -0.0491. The molecule has 2 aliphatic heterocycles. The molecule has 7 heteroatoms. The van der Waals surface area contributed by atoms with Gasteiger partial charge >= 0.3 is 5.97 Å². The molecule has 240 valence electrons. The summed E-state index contributed by atoms with van der Waals surface area (Å²) in [5.41, 5.74) is 2.51. The number of piperidine rings is 1. The first-order valence-electron chi connectivity index (χ1n) is 17.4. The molecule has 0 N–H and O–H groups in total. The van der Waals surface area contributed by atoms with Gasteiger partial charge in [-0.1, -0.05) is 80.4 Å². The Bertz CT molecular complexity index is 1300. The van der Waals surface area contributed by atoms with Crippen molar-refractivity contribution in [3.05, 3.63) is 90.3 Å². The van der Waals surface area contributed by atoms with Gasteiger partial charge in [-0.15, -0.1) is 0 Å². The van der Waals surface area contributed by atoms with Crippen molar-refractivity contribution in [3.63, 3.8) is 0 Å². The third-order valence-corrected chi connectivity index (χ3v) is 10.5. The SMILES string of the molecule is CCCN(c1ncccn1)C1CCN(C[C@H]2CN([C@@H]3CCCCC3CC(=O)OCc3ccccc3)C[C@@H]2c2ccccc2)CC1. The maximum atomic E-state index is 13.0. The molecule has 0 bridgehead atoms. The second kappa shape index (κ2) is 15.8. The molecule has 3 heterocycles. The lowest BCUT2D eigenvalue weighted by Gasteiger charge is -2.40. The highest BCUT2D eigenvalue weighted by Gasteiger charge is 2.41. The highest BCUT2D eigenvalue weighted by atomic mass is 16.5. The lowest BCUT2D eigenvalue weighted by atomic mass is 9.81. The van der Waals surface area contributed by atoms with E-state index in [9.17, 15) is 4.79 Å². The Morgan fingerprint density at radius 1 is 0.867 bits per heavy atom. The van der Waals surface area contributed by atoms with Gasteiger partial charge in [0, 0.05) is 76.1 Å². The number of aromatic nitrogens is 2. The Morgan fingerprint density at radius 2 is 1.58 bits per heavy atom. The average molecular weight is 610 g/mol. The van der Waals surface area contributed by atoms with Crippen LogP contribution in [0.5, 0.6) is 0 Å². The van der Waals surface area contributed by atoms with Crippen molar-refractivity contribution >= 4 is 11.9 Å². The summed E-state index contributed by atoms with van der Waals surface area (Å²) < 4.78 is 5.75. The molecule has 1 saturated carbocycles. The fourth-order valence-corrected chi connectivity index (χ4v) is 8.23. The van der Waals surface area contributed by atoms with Crippen molar-refractivity contribution in [1.82, 2.24) is 19.8 Å². The zero-order valence-electron chi connectivity index (χ0n) is 27.1. The smallest absolute Gasteiger partial charge is 0.306 e. The minimum Gasteiger partial charge on any atom is -0.461 e. The van der Waals surface area contributed by atoms with E-state index in [1.165, 1.54) is 24.8 Å². The lowest BCUT2D eigenvalue weighted by Crippen LogP contribution is -2.47. The summed E-state index contributed by atoms with van der Waals surface area (Å²) in [6, 6.07) is 24.1. The number of rotatable bonds is 12. The van der Waals surface area contributed by atoms with Gasteiger partial charge in [0.25, 0.3) is 0 Å². The van der Waals surface area contributed by atoms with E-state index in [0.717, 1.165) is 76.5 Å². The summed E-state index contributed by atoms with van der Waals surface area (Å²) in [6.07, 6.45) is 12.4. The molecule has 0 spiro atoms. The summed E-state index contributed by atoms with van der Waals surface area (Å²) >= 11 is 0. The van der Waals surface area contributed by atoms with Crippen molar-refractivity contribution in [2.45, 2.75) is 82.9 Å². The number of benzene rings is 2. The maximum Gasteiger partial charge on any atom is 0.306 e. The average Bonchev–Trinajstić information content (AvgIpc) is 3.51. The Hall–Kier alpha value is -3.29. The minimum absolute atomic E-state index is 0.0491. The van der Waals surface area contributed by atoms with Crippen molar-refractivity contribution in [1.29, 1.82) is 0 Å². The van der Waals surface area contributed by atoms with Crippen LogP contribution in [0.4, 0.5) is 5.95 Å². The molecule has 1 aliphatic carbocycles. The molecule has 45 heavy (non-hydrogen) atoms. The molecule has 3 fully saturated rings. The molecule has 4 atom stereocenters. The fraction of sp³-hybridized carbons (Fsp3) is 0.553. The molecular weight excluding hydrogens is 558 g/mol. The van der Waals surface area contributed by atoms with Crippen molar-refractivity contribution in [2.75, 3.05) is 44.2 Å². The van der Waals surface area contributed by atoms with Gasteiger partial charge in [0.15, 0.2) is 0 Å². The van der Waals surface area contributed by atoms with Gasteiger partial charge in [-0.25, -0.2) is 9.97 Å². The maximum absolute atomic E-state index is 13.0. The summed E-state index contributed by atoms with van der Waals surface area (Å²) in [7, 11) is 0. The number of esters is 1. The fourth-order valence-electron chi connectivity index (χ4n) is 8.23. The number of carbonyl (C=O) groups excluding carboxylic acids is 1. The number of ether oxygens (including phenoxy) is 1. The first kappa shape index (κ1) is 31.7. The molecule has 0 amide bonds. The molecule has 3 aromatic rings. The van der Waals surface area contributed by atoms with Gasteiger partial charge in [-0.2, -0.15) is 0 Å². The Kier molecular flexibility index (Phi) is 11.1. The van der Waals surface area contributed by atoms with Crippen LogP contribution in [0.2, 0.25) is 0 Å². The van der Waals surface area contributed by atoms with Gasteiger partial charge in [-0.05, 0) is 61.1 Å². The van der Waals surface area contributed by atoms with Crippen LogP contribution < -0.4 is 4.90 Å². The number of anilines is 1. The molecule has 1 unspecified atom stereocenters. The molecular formula is C38H51N5O2. The van der Waals surface area contributed by atoms with Crippen LogP contribution in [-0.2, 0) is 16.1 Å². The second-order valence-electron chi connectivity index (χ2n) is 13.5. The zero-order chi connectivity index (χ0) is 30.8. The number of hydrogen-bond acceptors (Lipinski definition) is 7. The van der Waals surface area contributed by atoms with E-state index in [-0.39, 0.29) is 5.97 Å². The van der Waals surface area contributed by atoms with Gasteiger partial charge in [0.2, 0.25) is 5.95 Å². The van der Waals surface area contributed by atoms with Gasteiger partial charge < -0.3 is 14.5 Å². The third kappa shape index (κ3) is 8.30. The Balaban J connectivity index is 1.09. The molecule has 3 aliphatic rings. The van der Waals surface area contributed by atoms with Crippen LogP contribution in [-0.4, -0.2) is 77.1 Å². The van der Waals surface area contributed by atoms with E-state index in [0.29, 0.717) is 42.9 Å². The van der Waals surface area contributed by atoms with Crippen LogP contribution in [0, 0.1) is 11.8 Å². The van der Waals surface area contributed by atoms with E-state index in [4.69, 9.17) is 4.74 Å². The molecule has 7 nitrogen and oxygen atoms in total. The van der Waals surface area contributed by atoms with Gasteiger partial charge in [0.1, 0.15) is 6.61 Å². The number of likely N-dealkylation sites (tertiary alicyclic amines) is 2. The predicted molar refractivity (Wildman–Crippen MR) is 180 cm³/mol. The number of hydrogen-bond donors (Lipinski definition) is 0. The monoisotopic (exact) mass is 609 g/mol. The third-order valence-electron chi connectivity index (χ3n) is 10.5. The molecule has 1 aromatic heterocycles. The quantitative estimate of drug-likeness (QED) is 0.215. The number of carbonyl (C=O) groups is 1. The summed E-state index contributed by atoms with van der Waals surface area (Å²) in [5, 5.41) is 0. The topological polar surface area (TPSA) is 61.8 Å². The van der Waals surface area contributed by atoms with Crippen molar-refractivity contribution in [2.24, 2.45) is 11.8 Å². The molecule has 2 saturated heterocycles. The van der Waals surface area contributed by atoms with Crippen LogP contribution in [0.25, 0.3) is 0 Å². The Morgan fingerprint density at radius 3 is 2.31 bits per heavy atom. The summed E-state index contributed by atoms with van der Waals surface area (Å²) in [6.45, 7) is 9.18. The van der Waals surface area contributed by atoms with E-state index in [1.807, 2.05) is 48.8 Å². The van der Waals surface area contributed by atoms with Gasteiger partial charge in [-0.3, -0.25) is 9.69 Å². The summed E-state index contributed by atoms with van der Waals surface area (Å²) in [4.78, 5) is 30.1. The molecule has 2 aromatic carbocycles.